The number of amides is 1. The van der Waals surface area contributed by atoms with Gasteiger partial charge in [-0.3, -0.25) is 4.79 Å². The molecule has 1 aromatic rings. The van der Waals surface area contributed by atoms with Crippen molar-refractivity contribution in [2.24, 2.45) is 5.92 Å². The maximum atomic E-state index is 13.2. The first-order chi connectivity index (χ1) is 12.2. The van der Waals surface area contributed by atoms with Crippen molar-refractivity contribution in [2.75, 3.05) is 11.5 Å². The molecule has 1 aliphatic heterocycles. The fraction of sp³-hybridized carbons (Fsp3) is 0.611. The summed E-state index contributed by atoms with van der Waals surface area (Å²) in [6.45, 7) is 0. The van der Waals surface area contributed by atoms with E-state index in [9.17, 15) is 26.4 Å². The number of hydrogen-bond donors (Lipinski definition) is 0. The van der Waals surface area contributed by atoms with Gasteiger partial charge >= 0.3 is 6.18 Å². The number of carbonyl (C=O) groups is 1. The Morgan fingerprint density at radius 1 is 1.08 bits per heavy atom. The third-order valence-corrected chi connectivity index (χ3v) is 7.32. The van der Waals surface area contributed by atoms with E-state index in [1.807, 2.05) is 0 Å². The smallest absolute Gasteiger partial charge is 0.335 e. The molecule has 4 rings (SSSR count). The van der Waals surface area contributed by atoms with Gasteiger partial charge in [0.2, 0.25) is 5.91 Å². The average Bonchev–Trinajstić information content (AvgIpc) is 3.46. The van der Waals surface area contributed by atoms with Crippen LogP contribution in [0.1, 0.15) is 42.7 Å². The summed E-state index contributed by atoms with van der Waals surface area (Å²) < 4.78 is 63.2. The Kier molecular flexibility index (Phi) is 4.09. The van der Waals surface area contributed by atoms with Gasteiger partial charge in [-0.15, -0.1) is 0 Å². The first-order valence-corrected chi connectivity index (χ1v) is 10.7. The van der Waals surface area contributed by atoms with Crippen LogP contribution in [0.25, 0.3) is 0 Å². The zero-order valence-corrected chi connectivity index (χ0v) is 14.9. The zero-order valence-electron chi connectivity index (χ0n) is 14.1. The van der Waals surface area contributed by atoms with Gasteiger partial charge in [-0.05, 0) is 43.2 Å². The highest BCUT2D eigenvalue weighted by atomic mass is 32.2. The van der Waals surface area contributed by atoms with Crippen LogP contribution in [0.5, 0.6) is 0 Å². The monoisotopic (exact) mass is 387 g/mol. The second-order valence-electron chi connectivity index (χ2n) is 7.57. The van der Waals surface area contributed by atoms with Crippen molar-refractivity contribution >= 4 is 15.7 Å². The summed E-state index contributed by atoms with van der Waals surface area (Å²) in [5.74, 6) is -1.01. The standard InChI is InChI=1S/C18H20F3NO3S/c19-18(20,21)16-4-2-1-3-13(16)14-9-15(14)17(23)22(11-5-6-11)12-7-8-26(24,25)10-12/h1-4,11-12,14-15H,5-10H2/t12-,14-,15+/m0/s1. The second-order valence-corrected chi connectivity index (χ2v) is 9.80. The molecular weight excluding hydrogens is 367 g/mol. The van der Waals surface area contributed by atoms with Crippen LogP contribution in [-0.4, -0.2) is 42.8 Å². The van der Waals surface area contributed by atoms with Crippen LogP contribution in [0, 0.1) is 5.92 Å². The van der Waals surface area contributed by atoms with Crippen LogP contribution < -0.4 is 0 Å². The molecule has 2 saturated carbocycles. The lowest BCUT2D eigenvalue weighted by atomic mass is 10.0. The second kappa shape index (κ2) is 5.97. The number of hydrogen-bond acceptors (Lipinski definition) is 3. The molecule has 8 heteroatoms. The molecule has 26 heavy (non-hydrogen) atoms. The number of sulfone groups is 1. The Labute approximate surface area is 150 Å². The largest absolute Gasteiger partial charge is 0.416 e. The lowest BCUT2D eigenvalue weighted by molar-refractivity contribution is -0.139. The van der Waals surface area contributed by atoms with Crippen LogP contribution >= 0.6 is 0 Å². The van der Waals surface area contributed by atoms with Gasteiger partial charge < -0.3 is 4.90 Å². The molecule has 0 bridgehead atoms. The summed E-state index contributed by atoms with van der Waals surface area (Å²) in [7, 11) is -3.12. The lowest BCUT2D eigenvalue weighted by Crippen LogP contribution is -2.43. The zero-order chi connectivity index (χ0) is 18.7. The van der Waals surface area contributed by atoms with Crippen molar-refractivity contribution in [1.29, 1.82) is 0 Å². The molecule has 0 aromatic heterocycles. The molecule has 0 unspecified atom stereocenters. The Bertz CT molecular complexity index is 832. The molecule has 0 spiro atoms. The first kappa shape index (κ1) is 17.8. The van der Waals surface area contributed by atoms with Gasteiger partial charge in [0.1, 0.15) is 0 Å². The van der Waals surface area contributed by atoms with Crippen LogP contribution in [0.3, 0.4) is 0 Å². The summed E-state index contributed by atoms with van der Waals surface area (Å²) >= 11 is 0. The third-order valence-electron chi connectivity index (χ3n) is 5.57. The highest BCUT2D eigenvalue weighted by Gasteiger charge is 2.52. The number of rotatable bonds is 4. The minimum absolute atomic E-state index is 0.0221. The van der Waals surface area contributed by atoms with Gasteiger partial charge in [-0.25, -0.2) is 8.42 Å². The van der Waals surface area contributed by atoms with Gasteiger partial charge in [-0.1, -0.05) is 18.2 Å². The van der Waals surface area contributed by atoms with E-state index in [1.165, 1.54) is 12.1 Å². The molecule has 0 radical (unpaired) electrons. The van der Waals surface area contributed by atoms with E-state index >= 15 is 0 Å². The Hall–Kier alpha value is -1.57. The SMILES string of the molecule is O=C([C@@H]1C[C@H]1c1ccccc1C(F)(F)F)N(C1CC1)[C@H]1CCS(=O)(=O)C1. The minimum Gasteiger partial charge on any atom is -0.335 e. The topological polar surface area (TPSA) is 54.5 Å². The highest BCUT2D eigenvalue weighted by molar-refractivity contribution is 7.91. The van der Waals surface area contributed by atoms with Crippen LogP contribution in [-0.2, 0) is 20.8 Å². The fourth-order valence-electron chi connectivity index (χ4n) is 4.09. The number of alkyl halides is 3. The molecule has 1 saturated heterocycles. The normalized spacial score (nSPS) is 30.2. The third kappa shape index (κ3) is 3.35. The summed E-state index contributed by atoms with van der Waals surface area (Å²) in [6, 6.07) is 5.15. The van der Waals surface area contributed by atoms with Crippen LogP contribution in [0.15, 0.2) is 24.3 Å². The van der Waals surface area contributed by atoms with Crippen molar-refractivity contribution < 1.29 is 26.4 Å². The molecule has 0 N–H and O–H groups in total. The molecule has 1 heterocycles. The number of halogens is 3. The summed E-state index contributed by atoms with van der Waals surface area (Å²) in [5, 5.41) is 0. The summed E-state index contributed by atoms with van der Waals surface area (Å²) in [4.78, 5) is 14.7. The molecule has 3 fully saturated rings. The molecule has 1 aromatic carbocycles. The lowest BCUT2D eigenvalue weighted by Gasteiger charge is -2.28. The number of nitrogens with zero attached hydrogens (tertiary/aromatic N) is 1. The van der Waals surface area contributed by atoms with Gasteiger partial charge in [0.25, 0.3) is 0 Å². The average molecular weight is 387 g/mol. The van der Waals surface area contributed by atoms with E-state index < -0.39 is 33.4 Å². The maximum Gasteiger partial charge on any atom is 0.416 e. The van der Waals surface area contributed by atoms with E-state index in [1.54, 1.807) is 11.0 Å². The van der Waals surface area contributed by atoms with Crippen LogP contribution in [0.2, 0.25) is 0 Å². The molecule has 3 atom stereocenters. The molecular formula is C18H20F3NO3S. The molecule has 2 aliphatic carbocycles. The Morgan fingerprint density at radius 2 is 1.77 bits per heavy atom. The van der Waals surface area contributed by atoms with Crippen molar-refractivity contribution in [3.8, 4) is 0 Å². The number of benzene rings is 1. The van der Waals surface area contributed by atoms with Crippen molar-refractivity contribution in [2.45, 2.75) is 49.9 Å². The van der Waals surface area contributed by atoms with E-state index in [-0.39, 0.29) is 35.1 Å². The summed E-state index contributed by atoms with van der Waals surface area (Å²) in [5.41, 5.74) is -0.505. The van der Waals surface area contributed by atoms with Gasteiger partial charge in [0.15, 0.2) is 9.84 Å². The quantitative estimate of drug-likeness (QED) is 0.798. The predicted octanol–water partition coefficient (Wildman–Crippen LogP) is 2.99. The van der Waals surface area contributed by atoms with E-state index in [0.717, 1.165) is 18.9 Å². The maximum absolute atomic E-state index is 13.2. The van der Waals surface area contributed by atoms with E-state index in [2.05, 4.69) is 0 Å². The summed E-state index contributed by atoms with van der Waals surface area (Å²) in [6.07, 6.45) is -1.92. The van der Waals surface area contributed by atoms with E-state index in [4.69, 9.17) is 0 Å². The van der Waals surface area contributed by atoms with Crippen molar-refractivity contribution in [3.63, 3.8) is 0 Å². The van der Waals surface area contributed by atoms with Gasteiger partial charge in [-0.2, -0.15) is 13.2 Å². The van der Waals surface area contributed by atoms with Gasteiger partial charge in [0.05, 0.1) is 17.1 Å². The number of carbonyl (C=O) groups excluding carboxylic acids is 1. The first-order valence-electron chi connectivity index (χ1n) is 8.86. The van der Waals surface area contributed by atoms with Crippen LogP contribution in [0.4, 0.5) is 13.2 Å². The predicted molar refractivity (Wildman–Crippen MR) is 89.2 cm³/mol. The van der Waals surface area contributed by atoms with Crippen molar-refractivity contribution in [1.82, 2.24) is 4.90 Å². The van der Waals surface area contributed by atoms with Crippen molar-refractivity contribution in [3.05, 3.63) is 35.4 Å². The van der Waals surface area contributed by atoms with Gasteiger partial charge in [0, 0.05) is 18.0 Å². The molecule has 4 nitrogen and oxygen atoms in total. The highest BCUT2D eigenvalue weighted by Crippen LogP contribution is 2.53. The molecule has 1 amide bonds. The fourth-order valence-corrected chi connectivity index (χ4v) is 5.80. The van der Waals surface area contributed by atoms with E-state index in [0.29, 0.717) is 12.8 Å². The molecule has 3 aliphatic rings. The molecule has 142 valence electrons. The minimum atomic E-state index is -4.44. The Morgan fingerprint density at radius 3 is 2.35 bits per heavy atom. The Balaban J connectivity index is 1.54.